The first-order valence-corrected chi connectivity index (χ1v) is 11.0. The van der Waals surface area contributed by atoms with Gasteiger partial charge in [0.15, 0.2) is 0 Å². The van der Waals surface area contributed by atoms with Crippen molar-refractivity contribution in [1.29, 1.82) is 0 Å². The predicted molar refractivity (Wildman–Crippen MR) is 124 cm³/mol. The molecule has 0 aliphatic carbocycles. The fourth-order valence-electron chi connectivity index (χ4n) is 4.06. The molecule has 0 spiro atoms. The Morgan fingerprint density at radius 3 is 2.48 bits per heavy atom. The maximum absolute atomic E-state index is 12.6. The average Bonchev–Trinajstić information content (AvgIpc) is 2.82. The van der Waals surface area contributed by atoms with Gasteiger partial charge in [0, 0.05) is 24.6 Å². The van der Waals surface area contributed by atoms with Crippen LogP contribution in [0.25, 0.3) is 11.1 Å². The van der Waals surface area contributed by atoms with Crippen LogP contribution in [0.3, 0.4) is 0 Å². The molecule has 31 heavy (non-hydrogen) atoms. The van der Waals surface area contributed by atoms with Gasteiger partial charge in [-0.05, 0) is 60.1 Å². The molecule has 1 atom stereocenters. The van der Waals surface area contributed by atoms with Gasteiger partial charge in [0.1, 0.15) is 0 Å². The minimum absolute atomic E-state index is 0.0577. The number of carbonyl (C=O) groups excluding carboxylic acids is 2. The fourth-order valence-corrected chi connectivity index (χ4v) is 4.06. The van der Waals surface area contributed by atoms with Crippen LogP contribution in [-0.2, 0) is 17.6 Å². The summed E-state index contributed by atoms with van der Waals surface area (Å²) < 4.78 is 0. The van der Waals surface area contributed by atoms with Crippen molar-refractivity contribution in [2.75, 3.05) is 13.1 Å². The molecule has 158 valence electrons. The molecule has 4 rings (SSSR count). The van der Waals surface area contributed by atoms with Crippen molar-refractivity contribution in [1.82, 2.24) is 10.6 Å². The van der Waals surface area contributed by atoms with Gasteiger partial charge in [0.2, 0.25) is 5.91 Å². The minimum atomic E-state index is -0.0577. The van der Waals surface area contributed by atoms with Crippen LogP contribution in [0.2, 0.25) is 0 Å². The molecule has 1 fully saturated rings. The number of hydrogen-bond acceptors (Lipinski definition) is 2. The predicted octanol–water partition coefficient (Wildman–Crippen LogP) is 4.39. The number of hydrogen-bond donors (Lipinski definition) is 2. The van der Waals surface area contributed by atoms with Gasteiger partial charge in [-0.3, -0.25) is 9.59 Å². The number of carbonyl (C=O) groups is 2. The van der Waals surface area contributed by atoms with Crippen molar-refractivity contribution in [2.24, 2.45) is 5.92 Å². The molecule has 4 nitrogen and oxygen atoms in total. The van der Waals surface area contributed by atoms with E-state index in [0.29, 0.717) is 12.1 Å². The number of rotatable bonds is 7. The maximum atomic E-state index is 12.6. The zero-order valence-corrected chi connectivity index (χ0v) is 17.6. The van der Waals surface area contributed by atoms with Crippen LogP contribution in [0.1, 0.15) is 34.3 Å². The first-order chi connectivity index (χ1) is 15.2. The Bertz CT molecular complexity index is 1030. The standard InChI is InChI=1S/C27H28N2O2/c30-26-24(10-5-16-28-26)18-21-11-13-22(14-12-21)23-8-4-9-25(19-23)27(31)29-17-15-20-6-2-1-3-7-20/h1-4,6-9,11-14,19,24H,5,10,15-18H2,(H,28,30)(H,29,31)/t24-/m0/s1. The molecule has 3 aromatic carbocycles. The Morgan fingerprint density at radius 2 is 1.71 bits per heavy atom. The lowest BCUT2D eigenvalue weighted by Crippen LogP contribution is -2.37. The smallest absolute Gasteiger partial charge is 0.251 e. The van der Waals surface area contributed by atoms with Gasteiger partial charge in [-0.2, -0.15) is 0 Å². The maximum Gasteiger partial charge on any atom is 0.251 e. The Balaban J connectivity index is 1.37. The molecule has 0 aromatic heterocycles. The highest BCUT2D eigenvalue weighted by Crippen LogP contribution is 2.23. The van der Waals surface area contributed by atoms with Crippen LogP contribution >= 0.6 is 0 Å². The largest absolute Gasteiger partial charge is 0.356 e. The van der Waals surface area contributed by atoms with E-state index in [9.17, 15) is 9.59 Å². The molecule has 1 heterocycles. The summed E-state index contributed by atoms with van der Waals surface area (Å²) in [6.45, 7) is 1.40. The van der Waals surface area contributed by atoms with Gasteiger partial charge in [-0.15, -0.1) is 0 Å². The van der Waals surface area contributed by atoms with Crippen molar-refractivity contribution in [3.05, 3.63) is 95.6 Å². The Labute approximate surface area is 183 Å². The Kier molecular flexibility index (Phi) is 6.78. The molecule has 1 aliphatic rings. The number of benzene rings is 3. The molecule has 1 aliphatic heterocycles. The number of piperidine rings is 1. The van der Waals surface area contributed by atoms with Gasteiger partial charge >= 0.3 is 0 Å². The van der Waals surface area contributed by atoms with Crippen LogP contribution in [0.15, 0.2) is 78.9 Å². The lowest BCUT2D eigenvalue weighted by molar-refractivity contribution is -0.126. The number of amides is 2. The molecule has 3 aromatic rings. The summed E-state index contributed by atoms with van der Waals surface area (Å²) in [6.07, 6.45) is 3.59. The first-order valence-electron chi connectivity index (χ1n) is 11.0. The highest BCUT2D eigenvalue weighted by Gasteiger charge is 2.21. The Morgan fingerprint density at radius 1 is 0.903 bits per heavy atom. The van der Waals surface area contributed by atoms with Gasteiger partial charge in [0.25, 0.3) is 5.91 Å². The van der Waals surface area contributed by atoms with E-state index in [2.05, 4.69) is 47.0 Å². The molecule has 2 N–H and O–H groups in total. The van der Waals surface area contributed by atoms with Gasteiger partial charge < -0.3 is 10.6 Å². The molecular formula is C27H28N2O2. The third-order valence-corrected chi connectivity index (χ3v) is 5.84. The highest BCUT2D eigenvalue weighted by atomic mass is 16.2. The van der Waals surface area contributed by atoms with Crippen LogP contribution in [0.4, 0.5) is 0 Å². The van der Waals surface area contributed by atoms with Gasteiger partial charge in [-0.1, -0.05) is 66.7 Å². The molecule has 0 bridgehead atoms. The summed E-state index contributed by atoms with van der Waals surface area (Å²) in [5.41, 5.74) is 5.12. The normalized spacial score (nSPS) is 15.9. The van der Waals surface area contributed by atoms with Crippen molar-refractivity contribution in [3.63, 3.8) is 0 Å². The summed E-state index contributed by atoms with van der Waals surface area (Å²) in [6, 6.07) is 26.2. The molecule has 2 amide bonds. The average molecular weight is 413 g/mol. The summed E-state index contributed by atoms with van der Waals surface area (Å²) in [5.74, 6) is 0.182. The van der Waals surface area contributed by atoms with E-state index in [1.807, 2.05) is 42.5 Å². The van der Waals surface area contributed by atoms with Crippen LogP contribution in [0, 0.1) is 5.92 Å². The van der Waals surface area contributed by atoms with E-state index in [0.717, 1.165) is 43.4 Å². The monoisotopic (exact) mass is 412 g/mol. The zero-order valence-electron chi connectivity index (χ0n) is 17.6. The van der Waals surface area contributed by atoms with E-state index >= 15 is 0 Å². The van der Waals surface area contributed by atoms with Crippen molar-refractivity contribution < 1.29 is 9.59 Å². The quantitative estimate of drug-likeness (QED) is 0.604. The van der Waals surface area contributed by atoms with Crippen LogP contribution < -0.4 is 10.6 Å². The van der Waals surface area contributed by atoms with E-state index in [1.165, 1.54) is 11.1 Å². The van der Waals surface area contributed by atoms with Crippen molar-refractivity contribution >= 4 is 11.8 Å². The highest BCUT2D eigenvalue weighted by molar-refractivity contribution is 5.95. The van der Waals surface area contributed by atoms with E-state index in [4.69, 9.17) is 0 Å². The van der Waals surface area contributed by atoms with Crippen molar-refractivity contribution in [3.8, 4) is 11.1 Å². The van der Waals surface area contributed by atoms with Crippen LogP contribution in [-0.4, -0.2) is 24.9 Å². The summed E-state index contributed by atoms with van der Waals surface area (Å²) >= 11 is 0. The van der Waals surface area contributed by atoms with Gasteiger partial charge in [0.05, 0.1) is 0 Å². The van der Waals surface area contributed by atoms with Gasteiger partial charge in [-0.25, -0.2) is 0 Å². The topological polar surface area (TPSA) is 58.2 Å². The fraction of sp³-hybridized carbons (Fsp3) is 0.259. The minimum Gasteiger partial charge on any atom is -0.356 e. The molecule has 0 radical (unpaired) electrons. The van der Waals surface area contributed by atoms with Crippen molar-refractivity contribution in [2.45, 2.75) is 25.7 Å². The second-order valence-electron chi connectivity index (χ2n) is 8.10. The third-order valence-electron chi connectivity index (χ3n) is 5.84. The summed E-state index contributed by atoms with van der Waals surface area (Å²) in [4.78, 5) is 24.6. The molecule has 0 saturated carbocycles. The molecule has 4 heteroatoms. The van der Waals surface area contributed by atoms with E-state index < -0.39 is 0 Å². The van der Waals surface area contributed by atoms with E-state index in [-0.39, 0.29) is 17.7 Å². The lowest BCUT2D eigenvalue weighted by atomic mass is 9.91. The Hall–Kier alpha value is -3.40. The zero-order chi connectivity index (χ0) is 21.5. The SMILES string of the molecule is O=C(NCCc1ccccc1)c1cccc(-c2ccc(C[C@@H]3CCCNC3=O)cc2)c1. The van der Waals surface area contributed by atoms with Crippen LogP contribution in [0.5, 0.6) is 0 Å². The lowest BCUT2D eigenvalue weighted by Gasteiger charge is -2.21. The first kappa shape index (κ1) is 20.9. The third kappa shape index (κ3) is 5.60. The number of nitrogens with one attached hydrogen (secondary N) is 2. The van der Waals surface area contributed by atoms with E-state index in [1.54, 1.807) is 0 Å². The molecule has 0 unspecified atom stereocenters. The molecular weight excluding hydrogens is 384 g/mol. The summed E-state index contributed by atoms with van der Waals surface area (Å²) in [5, 5.41) is 5.96. The second-order valence-corrected chi connectivity index (χ2v) is 8.10. The summed E-state index contributed by atoms with van der Waals surface area (Å²) in [7, 11) is 0. The molecule has 1 saturated heterocycles. The second kappa shape index (κ2) is 10.1.